The smallest absolute Gasteiger partial charge is 0.238 e. The number of guanidine groups is 1. The van der Waals surface area contributed by atoms with Gasteiger partial charge in [0.15, 0.2) is 5.96 Å². The molecule has 1 aromatic rings. The van der Waals surface area contributed by atoms with E-state index in [1.54, 1.807) is 26.3 Å². The van der Waals surface area contributed by atoms with Crippen molar-refractivity contribution in [3.05, 3.63) is 29.8 Å². The second-order valence-corrected chi connectivity index (χ2v) is 8.14. The Labute approximate surface area is 184 Å². The molecule has 8 nitrogen and oxygen atoms in total. The highest BCUT2D eigenvalue weighted by Gasteiger charge is 2.24. The van der Waals surface area contributed by atoms with Crippen LogP contribution in [0.3, 0.4) is 0 Å². The van der Waals surface area contributed by atoms with Crippen LogP contribution in [0.4, 0.5) is 0 Å². The minimum absolute atomic E-state index is 0. The van der Waals surface area contributed by atoms with Crippen LogP contribution in [0.1, 0.15) is 12.0 Å². The monoisotopic (exact) mass is 526 g/mol. The summed E-state index contributed by atoms with van der Waals surface area (Å²) < 4.78 is 33.2. The first-order valence-corrected chi connectivity index (χ1v) is 10.6. The number of nitrogens with zero attached hydrogens (tertiary/aromatic N) is 2. The van der Waals surface area contributed by atoms with Crippen LogP contribution in [-0.4, -0.2) is 72.9 Å². The zero-order chi connectivity index (χ0) is 19.7. The Hall–Kier alpha value is -0.950. The van der Waals surface area contributed by atoms with Gasteiger partial charge in [0.2, 0.25) is 10.0 Å². The van der Waals surface area contributed by atoms with E-state index in [0.717, 1.165) is 44.1 Å². The van der Waals surface area contributed by atoms with E-state index in [1.807, 2.05) is 0 Å². The van der Waals surface area contributed by atoms with Gasteiger partial charge < -0.3 is 19.7 Å². The highest BCUT2D eigenvalue weighted by molar-refractivity contribution is 14.0. The summed E-state index contributed by atoms with van der Waals surface area (Å²) in [5.41, 5.74) is 1.04. The number of rotatable bonds is 9. The van der Waals surface area contributed by atoms with Crippen molar-refractivity contribution in [3.63, 3.8) is 0 Å². The van der Waals surface area contributed by atoms with Gasteiger partial charge in [0, 0.05) is 39.7 Å². The molecule has 0 bridgehead atoms. The maximum atomic E-state index is 11.3. The van der Waals surface area contributed by atoms with Crippen LogP contribution in [0.2, 0.25) is 0 Å². The molecule has 1 aliphatic heterocycles. The Morgan fingerprint density at radius 1 is 1.32 bits per heavy atom. The SMILES string of the molecule is CN=C(NCCc1ccc(S(N)(=O)=O)cc1)N1CCC(COCCOC)C1.I. The number of halogens is 1. The minimum Gasteiger partial charge on any atom is -0.382 e. The van der Waals surface area contributed by atoms with E-state index >= 15 is 0 Å². The van der Waals surface area contributed by atoms with Crippen molar-refractivity contribution in [2.24, 2.45) is 16.0 Å². The normalized spacial score (nSPS) is 17.5. The Morgan fingerprint density at radius 3 is 2.64 bits per heavy atom. The molecule has 0 aromatic heterocycles. The first kappa shape index (κ1) is 25.1. The largest absolute Gasteiger partial charge is 0.382 e. The van der Waals surface area contributed by atoms with Gasteiger partial charge in [-0.15, -0.1) is 24.0 Å². The first-order valence-electron chi connectivity index (χ1n) is 9.08. The zero-order valence-electron chi connectivity index (χ0n) is 16.5. The highest BCUT2D eigenvalue weighted by Crippen LogP contribution is 2.16. The lowest BCUT2D eigenvalue weighted by atomic mass is 10.1. The average Bonchev–Trinajstić information content (AvgIpc) is 3.11. The van der Waals surface area contributed by atoms with Gasteiger partial charge >= 0.3 is 0 Å². The quantitative estimate of drug-likeness (QED) is 0.216. The summed E-state index contributed by atoms with van der Waals surface area (Å²) in [4.78, 5) is 6.74. The molecule has 10 heteroatoms. The Balaban J connectivity index is 0.00000392. The van der Waals surface area contributed by atoms with E-state index in [-0.39, 0.29) is 28.9 Å². The Kier molecular flexibility index (Phi) is 11.3. The third kappa shape index (κ3) is 8.19. The third-order valence-electron chi connectivity index (χ3n) is 4.53. The molecule has 160 valence electrons. The molecule has 1 unspecified atom stereocenters. The molecule has 1 fully saturated rings. The lowest BCUT2D eigenvalue weighted by molar-refractivity contribution is 0.0536. The standard InChI is InChI=1S/C18H30N4O4S.HI/c1-20-18(22-10-8-16(13-22)14-26-12-11-25-2)21-9-7-15-3-5-17(6-4-15)27(19,23)24;/h3-6,16H,7-14H2,1-2H3,(H,20,21)(H2,19,23,24);1H. The number of primary sulfonamides is 1. The van der Waals surface area contributed by atoms with E-state index in [0.29, 0.717) is 25.7 Å². The molecule has 0 amide bonds. The van der Waals surface area contributed by atoms with Crippen LogP contribution in [-0.2, 0) is 25.9 Å². The fourth-order valence-electron chi connectivity index (χ4n) is 3.05. The number of aliphatic imine (C=N–C) groups is 1. The second kappa shape index (κ2) is 12.6. The van der Waals surface area contributed by atoms with Crippen LogP contribution in [0.15, 0.2) is 34.2 Å². The molecule has 1 saturated heterocycles. The molecule has 2 rings (SSSR count). The fourth-order valence-corrected chi connectivity index (χ4v) is 3.57. The van der Waals surface area contributed by atoms with Crippen molar-refractivity contribution in [1.82, 2.24) is 10.2 Å². The first-order chi connectivity index (χ1) is 12.9. The zero-order valence-corrected chi connectivity index (χ0v) is 19.6. The molecular formula is C18H31IN4O4S. The van der Waals surface area contributed by atoms with E-state index in [9.17, 15) is 8.42 Å². The molecule has 28 heavy (non-hydrogen) atoms. The molecule has 1 aliphatic rings. The number of benzene rings is 1. The van der Waals surface area contributed by atoms with E-state index in [1.165, 1.54) is 12.1 Å². The third-order valence-corrected chi connectivity index (χ3v) is 5.46. The number of nitrogens with two attached hydrogens (primary N) is 1. The van der Waals surface area contributed by atoms with E-state index < -0.39 is 10.0 Å². The molecule has 1 heterocycles. The summed E-state index contributed by atoms with van der Waals surface area (Å²) in [5, 5.41) is 8.49. The van der Waals surface area contributed by atoms with Crippen molar-refractivity contribution in [3.8, 4) is 0 Å². The summed E-state index contributed by atoms with van der Waals surface area (Å²) in [6, 6.07) is 6.64. The molecule has 3 N–H and O–H groups in total. The van der Waals surface area contributed by atoms with Gasteiger partial charge in [0.25, 0.3) is 0 Å². The maximum Gasteiger partial charge on any atom is 0.238 e. The number of methoxy groups -OCH3 is 1. The van der Waals surface area contributed by atoms with Crippen LogP contribution in [0, 0.1) is 5.92 Å². The van der Waals surface area contributed by atoms with Gasteiger partial charge in [-0.1, -0.05) is 12.1 Å². The number of likely N-dealkylation sites (tertiary alicyclic amines) is 1. The molecule has 1 atom stereocenters. The topological polar surface area (TPSA) is 106 Å². The number of nitrogens with one attached hydrogen (secondary N) is 1. The van der Waals surface area contributed by atoms with Crippen molar-refractivity contribution in [2.45, 2.75) is 17.7 Å². The van der Waals surface area contributed by atoms with Crippen LogP contribution < -0.4 is 10.5 Å². The van der Waals surface area contributed by atoms with E-state index in [2.05, 4.69) is 15.2 Å². The Morgan fingerprint density at radius 2 is 2.04 bits per heavy atom. The molecule has 1 aromatic carbocycles. The summed E-state index contributed by atoms with van der Waals surface area (Å²) in [5.74, 6) is 1.39. The maximum absolute atomic E-state index is 11.3. The number of ether oxygens (including phenoxy) is 2. The van der Waals surface area contributed by atoms with Crippen LogP contribution >= 0.6 is 24.0 Å². The predicted molar refractivity (Wildman–Crippen MR) is 121 cm³/mol. The Bertz CT molecular complexity index is 713. The van der Waals surface area contributed by atoms with Gasteiger partial charge in [-0.2, -0.15) is 0 Å². The molecule has 0 aliphatic carbocycles. The summed E-state index contributed by atoms with van der Waals surface area (Å²) in [6.45, 7) is 4.60. The average molecular weight is 526 g/mol. The van der Waals surface area contributed by atoms with Gasteiger partial charge in [-0.05, 0) is 30.5 Å². The van der Waals surface area contributed by atoms with Crippen molar-refractivity contribution in [2.75, 3.05) is 53.6 Å². The lowest BCUT2D eigenvalue weighted by Crippen LogP contribution is -2.41. The lowest BCUT2D eigenvalue weighted by Gasteiger charge is -2.21. The number of hydrogen-bond acceptors (Lipinski definition) is 5. The molecule has 0 radical (unpaired) electrons. The van der Waals surface area contributed by atoms with E-state index in [4.69, 9.17) is 14.6 Å². The van der Waals surface area contributed by atoms with Crippen molar-refractivity contribution >= 4 is 40.0 Å². The summed E-state index contributed by atoms with van der Waals surface area (Å²) in [6.07, 6.45) is 1.85. The summed E-state index contributed by atoms with van der Waals surface area (Å²) in [7, 11) is -0.188. The van der Waals surface area contributed by atoms with Gasteiger partial charge in [-0.3, -0.25) is 4.99 Å². The number of hydrogen-bond donors (Lipinski definition) is 2. The van der Waals surface area contributed by atoms with Gasteiger partial charge in [-0.25, -0.2) is 13.6 Å². The molecule has 0 spiro atoms. The van der Waals surface area contributed by atoms with Gasteiger partial charge in [0.1, 0.15) is 0 Å². The molecule has 0 saturated carbocycles. The van der Waals surface area contributed by atoms with Crippen molar-refractivity contribution < 1.29 is 17.9 Å². The highest BCUT2D eigenvalue weighted by atomic mass is 127. The minimum atomic E-state index is -3.64. The van der Waals surface area contributed by atoms with Gasteiger partial charge in [0.05, 0.1) is 24.7 Å². The fraction of sp³-hybridized carbons (Fsp3) is 0.611. The van der Waals surface area contributed by atoms with Crippen LogP contribution in [0.5, 0.6) is 0 Å². The predicted octanol–water partition coefficient (Wildman–Crippen LogP) is 1.05. The second-order valence-electron chi connectivity index (χ2n) is 6.58. The number of sulfonamides is 1. The van der Waals surface area contributed by atoms with Crippen molar-refractivity contribution in [1.29, 1.82) is 0 Å². The van der Waals surface area contributed by atoms with Crippen LogP contribution in [0.25, 0.3) is 0 Å². The summed E-state index contributed by atoms with van der Waals surface area (Å²) >= 11 is 0. The molecular weight excluding hydrogens is 495 g/mol.